The van der Waals surface area contributed by atoms with Gasteiger partial charge < -0.3 is 5.73 Å². The summed E-state index contributed by atoms with van der Waals surface area (Å²) in [6.45, 7) is 0.665. The van der Waals surface area contributed by atoms with Crippen LogP contribution in [0.4, 0.5) is 0 Å². The van der Waals surface area contributed by atoms with Crippen molar-refractivity contribution in [2.45, 2.75) is 50.5 Å². The zero-order chi connectivity index (χ0) is 11.1. The molecule has 3 rings (SSSR count). The van der Waals surface area contributed by atoms with Crippen LogP contribution in [0.25, 0.3) is 0 Å². The molecule has 0 amide bonds. The Labute approximate surface area is 94.8 Å². The number of nitrogens with two attached hydrogens (primary N) is 1. The van der Waals surface area contributed by atoms with Crippen LogP contribution in [0.1, 0.15) is 55.3 Å². The van der Waals surface area contributed by atoms with Gasteiger partial charge in [0.1, 0.15) is 0 Å². The molecule has 88 valence electrons. The van der Waals surface area contributed by atoms with Crippen LogP contribution in [-0.4, -0.2) is 16.3 Å². The number of hydrogen-bond acceptors (Lipinski definition) is 2. The summed E-state index contributed by atoms with van der Waals surface area (Å²) in [5.74, 6) is 0.625. The highest BCUT2D eigenvalue weighted by Gasteiger charge is 2.33. The molecule has 1 aromatic rings. The van der Waals surface area contributed by atoms with Crippen molar-refractivity contribution in [3.63, 3.8) is 0 Å². The van der Waals surface area contributed by atoms with E-state index in [1.54, 1.807) is 0 Å². The van der Waals surface area contributed by atoms with Gasteiger partial charge in [-0.05, 0) is 45.1 Å². The van der Waals surface area contributed by atoms with Gasteiger partial charge in [0.15, 0.2) is 0 Å². The third-order valence-corrected chi connectivity index (χ3v) is 3.57. The Balaban J connectivity index is 1.94. The van der Waals surface area contributed by atoms with Gasteiger partial charge in [-0.1, -0.05) is 0 Å². The van der Waals surface area contributed by atoms with Crippen LogP contribution < -0.4 is 11.3 Å². The van der Waals surface area contributed by atoms with E-state index in [2.05, 4.69) is 5.10 Å². The summed E-state index contributed by atoms with van der Waals surface area (Å²) in [4.78, 5) is 12.2. The fourth-order valence-corrected chi connectivity index (χ4v) is 2.33. The van der Waals surface area contributed by atoms with E-state index in [4.69, 9.17) is 5.73 Å². The molecule has 2 fully saturated rings. The fourth-order valence-electron chi connectivity index (χ4n) is 2.33. The Bertz CT molecular complexity index is 438. The summed E-state index contributed by atoms with van der Waals surface area (Å²) in [6.07, 6.45) is 6.54. The second-order valence-corrected chi connectivity index (χ2v) is 5.08. The molecule has 3 N–H and O–H groups in total. The van der Waals surface area contributed by atoms with Gasteiger partial charge >= 0.3 is 0 Å². The highest BCUT2D eigenvalue weighted by atomic mass is 16.1. The second kappa shape index (κ2) is 3.77. The number of H-pyrrole nitrogens is 1. The van der Waals surface area contributed by atoms with Gasteiger partial charge in [0, 0.05) is 17.2 Å². The van der Waals surface area contributed by atoms with Gasteiger partial charge in [-0.2, -0.15) is 0 Å². The largest absolute Gasteiger partial charge is 0.330 e. The minimum atomic E-state index is 0.220. The van der Waals surface area contributed by atoms with Gasteiger partial charge in [0.2, 0.25) is 0 Å². The smallest absolute Gasteiger partial charge is 0.270 e. The maximum Gasteiger partial charge on any atom is 0.270 e. The summed E-state index contributed by atoms with van der Waals surface area (Å²) in [6, 6.07) is 0.455. The van der Waals surface area contributed by atoms with Crippen molar-refractivity contribution in [2.24, 2.45) is 5.73 Å². The van der Waals surface area contributed by atoms with E-state index < -0.39 is 0 Å². The van der Waals surface area contributed by atoms with Crippen molar-refractivity contribution in [1.29, 1.82) is 0 Å². The van der Waals surface area contributed by atoms with E-state index in [1.165, 1.54) is 18.5 Å². The van der Waals surface area contributed by atoms with Crippen LogP contribution in [0.5, 0.6) is 0 Å². The normalized spacial score (nSPS) is 20.3. The van der Waals surface area contributed by atoms with Gasteiger partial charge in [-0.3, -0.25) is 9.89 Å². The highest BCUT2D eigenvalue weighted by Crippen LogP contribution is 2.41. The molecule has 2 saturated carbocycles. The lowest BCUT2D eigenvalue weighted by Crippen LogP contribution is -2.18. The maximum atomic E-state index is 12.2. The molecule has 0 saturated heterocycles. The summed E-state index contributed by atoms with van der Waals surface area (Å²) in [5, 5.41) is 3.35. The van der Waals surface area contributed by atoms with Crippen LogP contribution >= 0.6 is 0 Å². The Kier molecular flexibility index (Phi) is 2.39. The van der Waals surface area contributed by atoms with E-state index in [0.717, 1.165) is 31.2 Å². The first-order chi connectivity index (χ1) is 7.81. The van der Waals surface area contributed by atoms with E-state index >= 15 is 0 Å². The summed E-state index contributed by atoms with van der Waals surface area (Å²) in [7, 11) is 0. The van der Waals surface area contributed by atoms with Crippen LogP contribution in [-0.2, 0) is 6.42 Å². The van der Waals surface area contributed by atoms with Gasteiger partial charge in [-0.15, -0.1) is 0 Å². The van der Waals surface area contributed by atoms with Crippen LogP contribution in [0, 0.1) is 0 Å². The lowest BCUT2D eigenvalue weighted by atomic mass is 10.1. The Morgan fingerprint density at radius 2 is 2.06 bits per heavy atom. The molecule has 0 aliphatic heterocycles. The fraction of sp³-hybridized carbons (Fsp3) is 0.750. The molecule has 2 aliphatic carbocycles. The number of aromatic amines is 1. The monoisotopic (exact) mass is 221 g/mol. The van der Waals surface area contributed by atoms with Crippen molar-refractivity contribution in [2.75, 3.05) is 6.54 Å². The van der Waals surface area contributed by atoms with Crippen molar-refractivity contribution in [3.8, 4) is 0 Å². The minimum Gasteiger partial charge on any atom is -0.330 e. The Hall–Kier alpha value is -1.03. The molecule has 0 spiro atoms. The molecule has 0 atom stereocenters. The van der Waals surface area contributed by atoms with Crippen LogP contribution in [0.2, 0.25) is 0 Å². The predicted molar refractivity (Wildman–Crippen MR) is 62.7 cm³/mol. The molecular weight excluding hydrogens is 202 g/mol. The van der Waals surface area contributed by atoms with E-state index in [-0.39, 0.29) is 5.56 Å². The third kappa shape index (κ3) is 1.71. The topological polar surface area (TPSA) is 63.8 Å². The van der Waals surface area contributed by atoms with E-state index in [1.807, 2.05) is 4.68 Å². The maximum absolute atomic E-state index is 12.2. The highest BCUT2D eigenvalue weighted by molar-refractivity contribution is 5.25. The third-order valence-electron chi connectivity index (χ3n) is 3.57. The Morgan fingerprint density at radius 3 is 2.62 bits per heavy atom. The van der Waals surface area contributed by atoms with Gasteiger partial charge in [0.25, 0.3) is 5.56 Å². The molecule has 4 heteroatoms. The quantitative estimate of drug-likeness (QED) is 0.786. The lowest BCUT2D eigenvalue weighted by Gasteiger charge is -1.98. The zero-order valence-electron chi connectivity index (χ0n) is 9.54. The van der Waals surface area contributed by atoms with Crippen molar-refractivity contribution >= 4 is 0 Å². The van der Waals surface area contributed by atoms with Gasteiger partial charge in [0.05, 0.1) is 6.04 Å². The number of rotatable bonds is 5. The summed E-state index contributed by atoms with van der Waals surface area (Å²) in [5.41, 5.74) is 7.98. The minimum absolute atomic E-state index is 0.220. The lowest BCUT2D eigenvalue weighted by molar-refractivity contribution is 0.610. The average molecular weight is 221 g/mol. The Morgan fingerprint density at radius 1 is 1.31 bits per heavy atom. The average Bonchev–Trinajstić information content (AvgIpc) is 3.14. The first kappa shape index (κ1) is 10.1. The predicted octanol–water partition coefficient (Wildman–Crippen LogP) is 1.28. The van der Waals surface area contributed by atoms with Crippen molar-refractivity contribution in [3.05, 3.63) is 21.6 Å². The number of aromatic nitrogens is 2. The van der Waals surface area contributed by atoms with Crippen LogP contribution in [0.15, 0.2) is 4.79 Å². The van der Waals surface area contributed by atoms with Crippen LogP contribution in [0.3, 0.4) is 0 Å². The number of hydrogen-bond donors (Lipinski definition) is 2. The molecule has 0 bridgehead atoms. The number of nitrogens with one attached hydrogen (secondary N) is 1. The van der Waals surface area contributed by atoms with E-state index in [9.17, 15) is 4.79 Å². The zero-order valence-corrected chi connectivity index (χ0v) is 9.54. The molecule has 0 aromatic carbocycles. The molecule has 16 heavy (non-hydrogen) atoms. The van der Waals surface area contributed by atoms with Gasteiger partial charge in [-0.25, -0.2) is 4.68 Å². The molecule has 1 heterocycles. The molecule has 4 nitrogen and oxygen atoms in total. The second-order valence-electron chi connectivity index (χ2n) is 5.08. The molecule has 0 unspecified atom stereocenters. The summed E-state index contributed by atoms with van der Waals surface area (Å²) < 4.78 is 1.86. The molecule has 1 aromatic heterocycles. The van der Waals surface area contributed by atoms with Crippen molar-refractivity contribution in [1.82, 2.24) is 9.78 Å². The number of nitrogens with zero attached hydrogens (tertiary/aromatic N) is 1. The van der Waals surface area contributed by atoms with E-state index in [0.29, 0.717) is 18.5 Å². The molecule has 0 radical (unpaired) electrons. The molecular formula is C12H19N3O. The first-order valence-corrected chi connectivity index (χ1v) is 6.34. The molecule has 2 aliphatic rings. The SMILES string of the molecule is NCCCc1c(C2CC2)[nH]n(C2CC2)c1=O. The standard InChI is InChI=1S/C12H19N3O/c13-7-1-2-10-11(8-3-4-8)14-15(12(10)16)9-5-6-9/h8-9,14H,1-7,13H2. The summed E-state index contributed by atoms with van der Waals surface area (Å²) >= 11 is 0. The van der Waals surface area contributed by atoms with Crippen molar-refractivity contribution < 1.29 is 0 Å². The first-order valence-electron chi connectivity index (χ1n) is 6.34.